The zero-order chi connectivity index (χ0) is 12.0. The van der Waals surface area contributed by atoms with Crippen molar-refractivity contribution in [3.05, 3.63) is 12.3 Å². The Morgan fingerprint density at radius 3 is 2.25 bits per heavy atom. The van der Waals surface area contributed by atoms with E-state index in [1.54, 1.807) is 6.92 Å². The molecule has 3 N–H and O–H groups in total. The van der Waals surface area contributed by atoms with Crippen molar-refractivity contribution in [3.8, 4) is 0 Å². The first kappa shape index (κ1) is 12.5. The standard InChI is InChI=1S/C11H19N3O2/c1-8(2)13-14-11(16)10(15)12-9-6-4-3-5-7-9/h9,13H,1,3-7H2,2H3,(H,12,15)(H,14,16). The highest BCUT2D eigenvalue weighted by Gasteiger charge is 2.19. The fourth-order valence-corrected chi connectivity index (χ4v) is 1.72. The van der Waals surface area contributed by atoms with Gasteiger partial charge in [0, 0.05) is 11.7 Å². The van der Waals surface area contributed by atoms with Crippen LogP contribution in [0, 0.1) is 0 Å². The normalized spacial score (nSPS) is 16.3. The van der Waals surface area contributed by atoms with E-state index in [1.807, 2.05) is 0 Å². The molecule has 5 nitrogen and oxygen atoms in total. The van der Waals surface area contributed by atoms with Gasteiger partial charge in [-0.1, -0.05) is 25.8 Å². The number of hydrogen-bond acceptors (Lipinski definition) is 3. The molecule has 90 valence electrons. The quantitative estimate of drug-likeness (QED) is 0.486. The fourth-order valence-electron chi connectivity index (χ4n) is 1.72. The maximum atomic E-state index is 11.4. The van der Waals surface area contributed by atoms with Crippen LogP contribution in [0.1, 0.15) is 39.0 Å². The summed E-state index contributed by atoms with van der Waals surface area (Å²) in [5, 5.41) is 2.72. The molecule has 1 saturated carbocycles. The number of carbonyl (C=O) groups is 2. The van der Waals surface area contributed by atoms with Gasteiger partial charge >= 0.3 is 11.8 Å². The number of hydrogen-bond donors (Lipinski definition) is 3. The Morgan fingerprint density at radius 2 is 1.69 bits per heavy atom. The number of carbonyl (C=O) groups excluding carboxylic acids is 2. The van der Waals surface area contributed by atoms with Crippen molar-refractivity contribution in [2.75, 3.05) is 0 Å². The van der Waals surface area contributed by atoms with Crippen LogP contribution >= 0.6 is 0 Å². The van der Waals surface area contributed by atoms with E-state index < -0.39 is 11.8 Å². The lowest BCUT2D eigenvalue weighted by Crippen LogP contribution is -2.48. The lowest BCUT2D eigenvalue weighted by atomic mass is 9.95. The summed E-state index contributed by atoms with van der Waals surface area (Å²) in [6.07, 6.45) is 5.39. The molecular weight excluding hydrogens is 206 g/mol. The van der Waals surface area contributed by atoms with E-state index >= 15 is 0 Å². The Labute approximate surface area is 95.6 Å². The van der Waals surface area contributed by atoms with Crippen LogP contribution in [0.2, 0.25) is 0 Å². The third-order valence-electron chi connectivity index (χ3n) is 2.54. The molecule has 0 aliphatic heterocycles. The molecule has 0 saturated heterocycles. The lowest BCUT2D eigenvalue weighted by molar-refractivity contribution is -0.140. The van der Waals surface area contributed by atoms with Crippen LogP contribution in [0.25, 0.3) is 0 Å². The van der Waals surface area contributed by atoms with Crippen molar-refractivity contribution in [1.29, 1.82) is 0 Å². The molecule has 0 aromatic carbocycles. The third kappa shape index (κ3) is 4.33. The molecule has 16 heavy (non-hydrogen) atoms. The first-order valence-corrected chi connectivity index (χ1v) is 5.62. The molecule has 1 aliphatic carbocycles. The van der Waals surface area contributed by atoms with Crippen LogP contribution in [0.15, 0.2) is 12.3 Å². The zero-order valence-corrected chi connectivity index (χ0v) is 9.64. The van der Waals surface area contributed by atoms with Crippen LogP contribution in [-0.4, -0.2) is 17.9 Å². The van der Waals surface area contributed by atoms with Crippen molar-refractivity contribution in [2.24, 2.45) is 0 Å². The summed E-state index contributed by atoms with van der Waals surface area (Å²) in [6, 6.07) is 0.150. The molecule has 1 fully saturated rings. The Balaban J connectivity index is 2.27. The Bertz CT molecular complexity index is 283. The van der Waals surface area contributed by atoms with Gasteiger partial charge in [0.25, 0.3) is 0 Å². The fraction of sp³-hybridized carbons (Fsp3) is 0.636. The Hall–Kier alpha value is -1.52. The molecule has 1 rings (SSSR count). The van der Waals surface area contributed by atoms with Gasteiger partial charge in [0.2, 0.25) is 0 Å². The first-order valence-electron chi connectivity index (χ1n) is 5.62. The van der Waals surface area contributed by atoms with Crippen LogP contribution in [0.4, 0.5) is 0 Å². The van der Waals surface area contributed by atoms with Crippen molar-refractivity contribution in [2.45, 2.75) is 45.1 Å². The van der Waals surface area contributed by atoms with Gasteiger partial charge in [-0.15, -0.1) is 0 Å². The van der Waals surface area contributed by atoms with Crippen molar-refractivity contribution >= 4 is 11.8 Å². The molecule has 0 atom stereocenters. The predicted octanol–water partition coefficient (Wildman–Crippen LogP) is 0.590. The molecule has 0 aromatic rings. The first-order chi connectivity index (χ1) is 7.59. The average molecular weight is 225 g/mol. The highest BCUT2D eigenvalue weighted by atomic mass is 16.2. The van der Waals surface area contributed by atoms with Gasteiger partial charge in [0.05, 0.1) is 0 Å². The molecule has 2 amide bonds. The van der Waals surface area contributed by atoms with Gasteiger partial charge in [-0.3, -0.25) is 15.0 Å². The van der Waals surface area contributed by atoms with Crippen LogP contribution in [-0.2, 0) is 9.59 Å². The minimum absolute atomic E-state index is 0.150. The van der Waals surface area contributed by atoms with Crippen molar-refractivity contribution in [3.63, 3.8) is 0 Å². The van der Waals surface area contributed by atoms with Crippen molar-refractivity contribution < 1.29 is 9.59 Å². The number of hydrazine groups is 1. The van der Waals surface area contributed by atoms with Crippen molar-refractivity contribution in [1.82, 2.24) is 16.2 Å². The maximum Gasteiger partial charge on any atom is 0.327 e. The summed E-state index contributed by atoms with van der Waals surface area (Å²) in [4.78, 5) is 22.7. The van der Waals surface area contributed by atoms with E-state index in [0.29, 0.717) is 5.70 Å². The van der Waals surface area contributed by atoms with E-state index in [2.05, 4.69) is 22.7 Å². The summed E-state index contributed by atoms with van der Waals surface area (Å²) >= 11 is 0. The minimum Gasteiger partial charge on any atom is -0.345 e. The van der Waals surface area contributed by atoms with E-state index in [-0.39, 0.29) is 6.04 Å². The largest absolute Gasteiger partial charge is 0.345 e. The molecule has 1 aliphatic rings. The molecule has 0 radical (unpaired) electrons. The summed E-state index contributed by atoms with van der Waals surface area (Å²) < 4.78 is 0. The topological polar surface area (TPSA) is 70.2 Å². The van der Waals surface area contributed by atoms with Crippen LogP contribution in [0.5, 0.6) is 0 Å². The molecule has 5 heteroatoms. The van der Waals surface area contributed by atoms with Gasteiger partial charge in [-0.2, -0.15) is 0 Å². The summed E-state index contributed by atoms with van der Waals surface area (Å²) in [5.74, 6) is -1.26. The molecule has 0 bridgehead atoms. The smallest absolute Gasteiger partial charge is 0.327 e. The summed E-state index contributed by atoms with van der Waals surface area (Å²) in [7, 11) is 0. The Morgan fingerprint density at radius 1 is 1.06 bits per heavy atom. The summed E-state index contributed by atoms with van der Waals surface area (Å²) in [6.45, 7) is 5.24. The second-order valence-electron chi connectivity index (χ2n) is 4.17. The maximum absolute atomic E-state index is 11.4. The van der Waals surface area contributed by atoms with Gasteiger partial charge in [-0.05, 0) is 19.8 Å². The van der Waals surface area contributed by atoms with Gasteiger partial charge in [0.15, 0.2) is 0 Å². The number of rotatable bonds is 3. The number of amides is 2. The van der Waals surface area contributed by atoms with E-state index in [4.69, 9.17) is 0 Å². The highest BCUT2D eigenvalue weighted by Crippen LogP contribution is 2.17. The molecule has 0 spiro atoms. The molecular formula is C11H19N3O2. The average Bonchev–Trinajstić information content (AvgIpc) is 2.27. The number of allylic oxidation sites excluding steroid dienone is 1. The van der Waals surface area contributed by atoms with Gasteiger partial charge < -0.3 is 10.7 Å². The van der Waals surface area contributed by atoms with Gasteiger partial charge in [0.1, 0.15) is 0 Å². The lowest BCUT2D eigenvalue weighted by Gasteiger charge is -2.22. The van der Waals surface area contributed by atoms with E-state index in [0.717, 1.165) is 25.7 Å². The second kappa shape index (κ2) is 6.15. The second-order valence-corrected chi connectivity index (χ2v) is 4.17. The SMILES string of the molecule is C=C(C)NNC(=O)C(=O)NC1CCCCC1. The molecule has 0 unspecified atom stereocenters. The van der Waals surface area contributed by atoms with E-state index in [9.17, 15) is 9.59 Å². The monoisotopic (exact) mass is 225 g/mol. The Kier molecular flexibility index (Phi) is 4.82. The summed E-state index contributed by atoms with van der Waals surface area (Å²) in [5.41, 5.74) is 5.36. The minimum atomic E-state index is -0.673. The van der Waals surface area contributed by atoms with Crippen LogP contribution < -0.4 is 16.2 Å². The third-order valence-corrected chi connectivity index (χ3v) is 2.54. The van der Waals surface area contributed by atoms with E-state index in [1.165, 1.54) is 6.42 Å². The van der Waals surface area contributed by atoms with Crippen LogP contribution in [0.3, 0.4) is 0 Å². The molecule has 0 heterocycles. The predicted molar refractivity (Wildman–Crippen MR) is 61.1 cm³/mol. The van der Waals surface area contributed by atoms with Gasteiger partial charge in [-0.25, -0.2) is 0 Å². The zero-order valence-electron chi connectivity index (χ0n) is 9.64. The molecule has 0 aromatic heterocycles. The highest BCUT2D eigenvalue weighted by molar-refractivity contribution is 6.35. The number of nitrogens with one attached hydrogen (secondary N) is 3.